The molecular formula is C110H216O4. The Kier molecular flexibility index (Phi) is 65.4. The Morgan fingerprint density at radius 2 is 0.570 bits per heavy atom. The Hall–Kier alpha value is -0.420. The molecule has 114 heavy (non-hydrogen) atoms. The first-order valence-electron chi connectivity index (χ1n) is 52.9. The molecule has 0 aromatic carbocycles. The van der Waals surface area contributed by atoms with E-state index in [0.29, 0.717) is 23.7 Å². The standard InChI is InChI=1S/C110H216O4/c1-22-23-24-25-26-27-28-29-30-31-32-33-34-35-36-37-38-39-40-41-42-43-44-45-46-47-48-49-82-103-83-84-106(113-108(103,19)88-59-79-100(15)75-55-71-96(11)67-51-63-92(4)5)110(21,90-61-81-102(17)77-57-73-98(13)69-53-65-94(8)9)114-109(20,89-60-80-101(16)76-56-72-97(12)68-52-64-93(6)7)105-86-85-104(112-105)107(18,111)87-58-78-99(14)74-54-70-95(10)66-50-62-91(2)3/h29-30,91-106,111H,22-28,31-90H2,1-21H3/b30-29+/t95?,96?,97?,98?,99?,100?,101?,102?,103-,104-,105-,106+,107?,108+,109?,110-/m1/s1. The maximum atomic E-state index is 12.6. The highest BCUT2D eigenvalue weighted by Crippen LogP contribution is 2.49. The summed E-state index contributed by atoms with van der Waals surface area (Å²) >= 11 is 0. The third-order valence-corrected chi connectivity index (χ3v) is 29.6. The molecule has 0 spiro atoms. The summed E-state index contributed by atoms with van der Waals surface area (Å²) in [5.41, 5.74) is -1.99. The van der Waals surface area contributed by atoms with Gasteiger partial charge in [-0.15, -0.1) is 0 Å². The first-order valence-corrected chi connectivity index (χ1v) is 52.9. The van der Waals surface area contributed by atoms with Crippen LogP contribution in [0.3, 0.4) is 0 Å². The van der Waals surface area contributed by atoms with Gasteiger partial charge < -0.3 is 19.3 Å². The van der Waals surface area contributed by atoms with Gasteiger partial charge in [0, 0.05) is 0 Å². The lowest BCUT2D eigenvalue weighted by molar-refractivity contribution is -0.278. The van der Waals surface area contributed by atoms with Gasteiger partial charge in [-0.1, -0.05) is 477 Å². The van der Waals surface area contributed by atoms with Gasteiger partial charge in [0.2, 0.25) is 0 Å². The van der Waals surface area contributed by atoms with E-state index in [1.807, 2.05) is 0 Å². The Morgan fingerprint density at radius 3 is 0.904 bits per heavy atom. The Bertz CT molecular complexity index is 2130. The summed E-state index contributed by atoms with van der Waals surface area (Å²) in [6.45, 7) is 51.3. The number of ether oxygens (including phenoxy) is 3. The van der Waals surface area contributed by atoms with Gasteiger partial charge in [-0.3, -0.25) is 0 Å². The van der Waals surface area contributed by atoms with E-state index in [9.17, 15) is 5.11 Å². The molecule has 0 aromatic heterocycles. The molecule has 1 N–H and O–H groups in total. The molecule has 2 heterocycles. The number of aliphatic hydroxyl groups is 1. The van der Waals surface area contributed by atoms with E-state index in [0.717, 1.165) is 111 Å². The van der Waals surface area contributed by atoms with Gasteiger partial charge in [-0.05, 0) is 188 Å². The van der Waals surface area contributed by atoms with Crippen LogP contribution in [-0.2, 0) is 14.2 Å². The third kappa shape index (κ3) is 57.1. The average Bonchev–Trinajstić information content (AvgIpc) is 1.02. The fourth-order valence-corrected chi connectivity index (χ4v) is 21.0. The van der Waals surface area contributed by atoms with Crippen LogP contribution in [0.15, 0.2) is 12.2 Å². The van der Waals surface area contributed by atoms with Crippen LogP contribution in [0.1, 0.15) is 576 Å². The quantitative estimate of drug-likeness (QED) is 0.0487. The summed E-state index contributed by atoms with van der Waals surface area (Å²) in [4.78, 5) is 0. The van der Waals surface area contributed by atoms with Crippen molar-refractivity contribution in [3.05, 3.63) is 12.2 Å². The van der Waals surface area contributed by atoms with Gasteiger partial charge in [-0.25, -0.2) is 0 Å². The summed E-state index contributed by atoms with van der Waals surface area (Å²) < 4.78 is 24.0. The first-order chi connectivity index (χ1) is 54.5. The van der Waals surface area contributed by atoms with Gasteiger partial charge in [0.1, 0.15) is 0 Å². The van der Waals surface area contributed by atoms with Crippen LogP contribution in [-0.4, -0.2) is 45.8 Å². The minimum absolute atomic E-state index is 0.0357. The summed E-state index contributed by atoms with van der Waals surface area (Å²) in [6.07, 6.45) is 93.4. The second-order valence-corrected chi connectivity index (χ2v) is 44.4. The van der Waals surface area contributed by atoms with Gasteiger partial charge in [-0.2, -0.15) is 0 Å². The molecule has 2 aliphatic rings. The number of hydrogen-bond donors (Lipinski definition) is 1. The lowest BCUT2D eigenvalue weighted by Crippen LogP contribution is -2.58. The fraction of sp³-hybridized carbons (Fsp3) is 0.982. The van der Waals surface area contributed by atoms with Crippen molar-refractivity contribution in [1.29, 1.82) is 0 Å². The van der Waals surface area contributed by atoms with Gasteiger partial charge >= 0.3 is 0 Å². The van der Waals surface area contributed by atoms with E-state index in [2.05, 4.69) is 158 Å². The van der Waals surface area contributed by atoms with Crippen molar-refractivity contribution >= 4 is 0 Å². The zero-order chi connectivity index (χ0) is 84.1. The highest BCUT2D eigenvalue weighted by molar-refractivity contribution is 5.02. The van der Waals surface area contributed by atoms with Crippen LogP contribution in [0.2, 0.25) is 0 Å². The predicted octanol–water partition coefficient (Wildman–Crippen LogP) is 37.2. The van der Waals surface area contributed by atoms with Crippen molar-refractivity contribution in [3.63, 3.8) is 0 Å². The minimum atomic E-state index is -0.859. The molecular weight excluding hydrogens is 1390 g/mol. The molecule has 680 valence electrons. The van der Waals surface area contributed by atoms with E-state index in [4.69, 9.17) is 14.2 Å². The molecule has 2 rings (SSSR count). The topological polar surface area (TPSA) is 47.9 Å². The van der Waals surface area contributed by atoms with Crippen molar-refractivity contribution in [2.45, 2.75) is 616 Å². The van der Waals surface area contributed by atoms with E-state index >= 15 is 0 Å². The van der Waals surface area contributed by atoms with Gasteiger partial charge in [0.25, 0.3) is 0 Å². The molecule has 0 aromatic rings. The van der Waals surface area contributed by atoms with Crippen LogP contribution < -0.4 is 0 Å². The van der Waals surface area contributed by atoms with Crippen molar-refractivity contribution in [2.75, 3.05) is 0 Å². The molecule has 2 saturated heterocycles. The molecule has 10 unspecified atom stereocenters. The molecule has 0 radical (unpaired) electrons. The van der Waals surface area contributed by atoms with Crippen LogP contribution in [0.25, 0.3) is 0 Å². The Labute approximate surface area is 720 Å². The van der Waals surface area contributed by atoms with E-state index in [1.165, 1.54) is 372 Å². The van der Waals surface area contributed by atoms with Crippen molar-refractivity contribution in [2.24, 2.45) is 76.9 Å². The summed E-state index contributed by atoms with van der Waals surface area (Å²) in [5, 5.41) is 12.6. The van der Waals surface area contributed by atoms with Crippen LogP contribution in [0.5, 0.6) is 0 Å². The maximum Gasteiger partial charge on any atom is 0.0923 e. The molecule has 0 bridgehead atoms. The van der Waals surface area contributed by atoms with Crippen LogP contribution >= 0.6 is 0 Å². The Morgan fingerprint density at radius 1 is 0.307 bits per heavy atom. The lowest BCUT2D eigenvalue weighted by Gasteiger charge is -2.53. The highest BCUT2D eigenvalue weighted by Gasteiger charge is 2.53. The molecule has 0 saturated carbocycles. The molecule has 2 fully saturated rings. The van der Waals surface area contributed by atoms with Gasteiger partial charge in [0.15, 0.2) is 0 Å². The second-order valence-electron chi connectivity index (χ2n) is 44.4. The minimum Gasteiger partial charge on any atom is -0.387 e. The van der Waals surface area contributed by atoms with Gasteiger partial charge in [0.05, 0.1) is 40.7 Å². The van der Waals surface area contributed by atoms with Crippen molar-refractivity contribution in [1.82, 2.24) is 0 Å². The SMILES string of the molecule is CCCCCCCC/C=C/CCCCCCCCCCCCCCCCCCCC[C@@H]1CC[C@@H]([C@@](C)(CCCC(C)CCCC(C)CCCC(C)C)OC(C)(CCCC(C)CCCC(C)CCCC(C)C)[C@H]2CC[C@H](C(C)(O)CCCC(C)CCCC(C)CCCC(C)C)O2)O[C@@]1(C)CCCC(C)CCCC(C)CCCC(C)C. The number of unbranched alkanes of at least 4 members (excludes halogenated alkanes) is 24. The zero-order valence-corrected chi connectivity index (χ0v) is 82.4. The van der Waals surface area contributed by atoms with E-state index in [-0.39, 0.29) is 23.9 Å². The number of allylic oxidation sites excluding steroid dienone is 2. The number of rotatable bonds is 81. The number of hydrogen-bond acceptors (Lipinski definition) is 4. The maximum absolute atomic E-state index is 12.6. The highest BCUT2D eigenvalue weighted by atomic mass is 16.6. The molecule has 16 atom stereocenters. The molecule has 0 aliphatic carbocycles. The fourth-order valence-electron chi connectivity index (χ4n) is 21.0. The van der Waals surface area contributed by atoms with E-state index < -0.39 is 16.8 Å². The summed E-state index contributed by atoms with van der Waals surface area (Å²) in [5.74, 6) is 10.0. The van der Waals surface area contributed by atoms with Crippen molar-refractivity contribution in [3.8, 4) is 0 Å². The third-order valence-electron chi connectivity index (χ3n) is 29.6. The van der Waals surface area contributed by atoms with Crippen LogP contribution in [0.4, 0.5) is 0 Å². The largest absolute Gasteiger partial charge is 0.387 e. The monoisotopic (exact) mass is 1600 g/mol. The average molecular weight is 1600 g/mol. The van der Waals surface area contributed by atoms with Crippen molar-refractivity contribution < 1.29 is 19.3 Å². The normalized spacial score (nSPS) is 21.6. The second kappa shape index (κ2) is 68.0. The molecule has 4 nitrogen and oxygen atoms in total. The molecule has 4 heteroatoms. The zero-order valence-electron chi connectivity index (χ0n) is 82.4. The lowest BCUT2D eigenvalue weighted by atomic mass is 9.72. The smallest absolute Gasteiger partial charge is 0.0923 e. The molecule has 2 aliphatic heterocycles. The summed E-state index contributed by atoms with van der Waals surface area (Å²) in [6, 6.07) is 0. The van der Waals surface area contributed by atoms with Crippen LogP contribution in [0, 0.1) is 76.9 Å². The van der Waals surface area contributed by atoms with E-state index in [1.54, 1.807) is 0 Å². The Balaban J connectivity index is 2.33. The molecule has 0 amide bonds. The first kappa shape index (κ1) is 110. The summed E-state index contributed by atoms with van der Waals surface area (Å²) in [7, 11) is 0. The predicted molar refractivity (Wildman–Crippen MR) is 511 cm³/mol.